The number of carbonyl (C=O) groups is 3. The van der Waals surface area contributed by atoms with Crippen LogP contribution in [-0.4, -0.2) is 78.9 Å². The largest absolute Gasteiger partial charge is 0.463 e. The zero-order chi connectivity index (χ0) is 29.8. The molecule has 1 aromatic carbocycles. The third-order valence-electron chi connectivity index (χ3n) is 8.50. The number of rotatable bonds is 9. The number of esters is 3. The molecule has 3 aliphatic rings. The molecule has 3 aliphatic heterocycles. The second-order valence-corrected chi connectivity index (χ2v) is 11.9. The minimum absolute atomic E-state index is 0.0731. The van der Waals surface area contributed by atoms with Crippen molar-refractivity contribution in [3.63, 3.8) is 0 Å². The van der Waals surface area contributed by atoms with Gasteiger partial charge in [-0.2, -0.15) is 0 Å². The van der Waals surface area contributed by atoms with E-state index in [1.165, 1.54) is 20.8 Å². The van der Waals surface area contributed by atoms with Crippen molar-refractivity contribution in [3.8, 4) is 0 Å². The Morgan fingerprint density at radius 3 is 2.34 bits per heavy atom. The summed E-state index contributed by atoms with van der Waals surface area (Å²) in [6, 6.07) is 9.97. The number of fused-ring (bicyclic) bond motifs is 2. The molecule has 1 aromatic rings. The van der Waals surface area contributed by atoms with Crippen LogP contribution in [-0.2, 0) is 54.1 Å². The van der Waals surface area contributed by atoms with Crippen molar-refractivity contribution in [2.45, 2.75) is 122 Å². The number of ether oxygens (including phenoxy) is 7. The normalized spacial score (nSPS) is 36.7. The molecule has 4 rings (SSSR count). The molecule has 10 heteroatoms. The molecule has 0 spiro atoms. The lowest BCUT2D eigenvalue weighted by Crippen LogP contribution is -2.65. The fraction of sp³-hybridized carbons (Fsp3) is 0.710. The SMILES string of the molecule is CC(=O)OC[C@@]1(C)O[C@H]2C[C@H]3O[C@@H](CCOCc4ccccc4)[C@@H](C)[C@H](OC(C)=O)[C@@H]3O[C@]2(C)CC[C@@H]1OC(C)=O. The molecular weight excluding hydrogens is 532 g/mol. The van der Waals surface area contributed by atoms with E-state index in [0.717, 1.165) is 5.56 Å². The van der Waals surface area contributed by atoms with Gasteiger partial charge < -0.3 is 33.2 Å². The Kier molecular flexibility index (Phi) is 10.1. The quantitative estimate of drug-likeness (QED) is 0.243. The maximum atomic E-state index is 12.2. The third-order valence-corrected chi connectivity index (χ3v) is 8.50. The van der Waals surface area contributed by atoms with Crippen molar-refractivity contribution in [1.82, 2.24) is 0 Å². The molecule has 3 fully saturated rings. The van der Waals surface area contributed by atoms with E-state index in [9.17, 15) is 14.4 Å². The topological polar surface area (TPSA) is 116 Å². The molecular formula is C31H44O10. The zero-order valence-corrected chi connectivity index (χ0v) is 25.0. The van der Waals surface area contributed by atoms with Crippen molar-refractivity contribution in [1.29, 1.82) is 0 Å². The smallest absolute Gasteiger partial charge is 0.303 e. The van der Waals surface area contributed by atoms with Gasteiger partial charge in [0.2, 0.25) is 0 Å². The van der Waals surface area contributed by atoms with E-state index in [-0.39, 0.29) is 24.6 Å². The average Bonchev–Trinajstić information content (AvgIpc) is 3.01. The minimum Gasteiger partial charge on any atom is -0.463 e. The predicted molar refractivity (Wildman–Crippen MR) is 147 cm³/mol. The zero-order valence-electron chi connectivity index (χ0n) is 25.0. The first-order valence-electron chi connectivity index (χ1n) is 14.5. The molecule has 10 nitrogen and oxygen atoms in total. The summed E-state index contributed by atoms with van der Waals surface area (Å²) in [5.41, 5.74) is -0.768. The number of hydrogen-bond acceptors (Lipinski definition) is 10. The van der Waals surface area contributed by atoms with Gasteiger partial charge in [0.05, 0.1) is 30.5 Å². The monoisotopic (exact) mass is 576 g/mol. The molecule has 3 heterocycles. The number of benzene rings is 1. The lowest BCUT2D eigenvalue weighted by molar-refractivity contribution is -0.313. The third kappa shape index (κ3) is 7.66. The molecule has 0 bridgehead atoms. The fourth-order valence-electron chi connectivity index (χ4n) is 6.26. The maximum Gasteiger partial charge on any atom is 0.303 e. The van der Waals surface area contributed by atoms with Crippen LogP contribution in [0.3, 0.4) is 0 Å². The molecule has 0 saturated carbocycles. The Hall–Kier alpha value is -2.53. The molecule has 0 amide bonds. The highest BCUT2D eigenvalue weighted by Gasteiger charge is 2.59. The molecule has 0 N–H and O–H groups in total. The van der Waals surface area contributed by atoms with Crippen LogP contribution in [0.25, 0.3) is 0 Å². The van der Waals surface area contributed by atoms with E-state index in [4.69, 9.17) is 33.2 Å². The van der Waals surface area contributed by atoms with Gasteiger partial charge in [0, 0.05) is 39.7 Å². The molecule has 0 unspecified atom stereocenters. The van der Waals surface area contributed by atoms with Gasteiger partial charge in [-0.25, -0.2) is 0 Å². The second-order valence-electron chi connectivity index (χ2n) is 11.9. The molecule has 0 radical (unpaired) electrons. The Labute approximate surface area is 242 Å². The standard InChI is InChI=1S/C31H44O10/c1-19-24(13-15-35-17-23-10-8-7-9-11-23)39-25-16-27-30(5,41-29(25)28(19)38-22(4)34)14-12-26(37-21(3)33)31(6,40-27)18-36-20(2)32/h7-11,19,24-29H,12-18H2,1-6H3/t19-,24+,25-,26+,27+,28+,29-,30-,31-/m1/s1. The Morgan fingerprint density at radius 1 is 0.976 bits per heavy atom. The van der Waals surface area contributed by atoms with Crippen molar-refractivity contribution in [3.05, 3.63) is 35.9 Å². The average molecular weight is 577 g/mol. The molecule has 3 saturated heterocycles. The van der Waals surface area contributed by atoms with E-state index in [1.807, 2.05) is 44.2 Å². The summed E-state index contributed by atoms with van der Waals surface area (Å²) in [6.07, 6.45) is -0.686. The highest BCUT2D eigenvalue weighted by molar-refractivity contribution is 5.67. The van der Waals surface area contributed by atoms with Gasteiger partial charge in [0.15, 0.2) is 0 Å². The first kappa shape index (κ1) is 31.4. The fourth-order valence-corrected chi connectivity index (χ4v) is 6.26. The van der Waals surface area contributed by atoms with Crippen molar-refractivity contribution in [2.75, 3.05) is 13.2 Å². The molecule has 9 atom stereocenters. The van der Waals surface area contributed by atoms with Crippen LogP contribution in [0.1, 0.15) is 72.8 Å². The van der Waals surface area contributed by atoms with Gasteiger partial charge in [-0.15, -0.1) is 0 Å². The van der Waals surface area contributed by atoms with Gasteiger partial charge >= 0.3 is 17.9 Å². The molecule has 0 aliphatic carbocycles. The molecule has 41 heavy (non-hydrogen) atoms. The Bertz CT molecular complexity index is 1060. The van der Waals surface area contributed by atoms with E-state index >= 15 is 0 Å². The van der Waals surface area contributed by atoms with Gasteiger partial charge in [-0.05, 0) is 38.7 Å². The van der Waals surface area contributed by atoms with E-state index in [2.05, 4.69) is 0 Å². The minimum atomic E-state index is -1.09. The van der Waals surface area contributed by atoms with Crippen LogP contribution in [0.5, 0.6) is 0 Å². The van der Waals surface area contributed by atoms with Gasteiger partial charge in [0.1, 0.15) is 30.5 Å². The van der Waals surface area contributed by atoms with Crippen molar-refractivity contribution in [2.24, 2.45) is 5.92 Å². The molecule has 0 aromatic heterocycles. The summed E-state index contributed by atoms with van der Waals surface area (Å²) in [5, 5.41) is 0. The summed E-state index contributed by atoms with van der Waals surface area (Å²) in [4.78, 5) is 35.8. The Morgan fingerprint density at radius 2 is 1.68 bits per heavy atom. The van der Waals surface area contributed by atoms with Gasteiger partial charge in [-0.1, -0.05) is 37.3 Å². The van der Waals surface area contributed by atoms with E-state index in [1.54, 1.807) is 6.92 Å². The van der Waals surface area contributed by atoms with Crippen LogP contribution in [0.2, 0.25) is 0 Å². The van der Waals surface area contributed by atoms with Crippen LogP contribution in [0, 0.1) is 5.92 Å². The molecule has 228 valence electrons. The van der Waals surface area contributed by atoms with E-state index < -0.39 is 53.7 Å². The van der Waals surface area contributed by atoms with Gasteiger partial charge in [-0.3, -0.25) is 14.4 Å². The summed E-state index contributed by atoms with van der Waals surface area (Å²) in [6.45, 7) is 10.8. The van der Waals surface area contributed by atoms with Crippen molar-refractivity contribution >= 4 is 17.9 Å². The maximum absolute atomic E-state index is 12.2. The van der Waals surface area contributed by atoms with Crippen molar-refractivity contribution < 1.29 is 47.5 Å². The van der Waals surface area contributed by atoms with Crippen LogP contribution in [0.15, 0.2) is 30.3 Å². The predicted octanol–water partition coefficient (Wildman–Crippen LogP) is 3.91. The lowest BCUT2D eigenvalue weighted by Gasteiger charge is -2.54. The first-order chi connectivity index (χ1) is 19.4. The Balaban J connectivity index is 1.51. The lowest BCUT2D eigenvalue weighted by atomic mass is 9.78. The summed E-state index contributed by atoms with van der Waals surface area (Å²) in [5.74, 6) is -1.40. The first-order valence-corrected chi connectivity index (χ1v) is 14.5. The second kappa shape index (κ2) is 13.2. The number of hydrogen-bond donors (Lipinski definition) is 0. The van der Waals surface area contributed by atoms with E-state index in [0.29, 0.717) is 38.9 Å². The van der Waals surface area contributed by atoms with Gasteiger partial charge in [0.25, 0.3) is 0 Å². The summed E-state index contributed by atoms with van der Waals surface area (Å²) in [7, 11) is 0. The van der Waals surface area contributed by atoms with Crippen LogP contribution < -0.4 is 0 Å². The van der Waals surface area contributed by atoms with Crippen LogP contribution in [0.4, 0.5) is 0 Å². The summed E-state index contributed by atoms with van der Waals surface area (Å²) < 4.78 is 42.8. The number of carbonyl (C=O) groups excluding carboxylic acids is 3. The van der Waals surface area contributed by atoms with Crippen LogP contribution >= 0.6 is 0 Å². The highest BCUT2D eigenvalue weighted by Crippen LogP contribution is 2.47. The summed E-state index contributed by atoms with van der Waals surface area (Å²) >= 11 is 0. The highest BCUT2D eigenvalue weighted by atomic mass is 16.6.